The maximum absolute atomic E-state index is 9.87. The number of nitrogens with zero attached hydrogens (tertiary/aromatic N) is 5. The highest BCUT2D eigenvalue weighted by atomic mass is 15.0. The normalized spacial score (nSPS) is 13.6. The first kappa shape index (κ1) is 31.8. The molecule has 0 amide bonds. The minimum atomic E-state index is -0.138. The van der Waals surface area contributed by atoms with E-state index in [1.54, 1.807) is 0 Å². The van der Waals surface area contributed by atoms with Gasteiger partial charge in [0, 0.05) is 43.7 Å². The molecular formula is C49H35N5. The number of hydrogen-bond acceptors (Lipinski definition) is 4. The van der Waals surface area contributed by atoms with Crippen molar-refractivity contribution in [1.29, 1.82) is 5.26 Å². The first-order valence-corrected chi connectivity index (χ1v) is 18.5. The highest BCUT2D eigenvalue weighted by Crippen LogP contribution is 2.49. The minimum absolute atomic E-state index is 0.138. The third-order valence-corrected chi connectivity index (χ3v) is 11.1. The standard InChI is InChI=1S/C49H35N5/c1-49(2)42-22-11-9-20-38(42)40-28-41-39-21-10-12-23-44(39)54(45(41)29-43(40)49)37-26-35(34-19-13-14-31(24-34)30-50)25-36(27-37)48-52-46(32-15-5-3-6-16-32)51-47(53-48)33-17-7-4-8-18-33/h3-9,11,13-29H,10,12H2,1-2H3. The van der Waals surface area contributed by atoms with Crippen LogP contribution >= 0.6 is 0 Å². The first-order valence-electron chi connectivity index (χ1n) is 18.5. The summed E-state index contributed by atoms with van der Waals surface area (Å²) in [6.45, 7) is 4.68. The number of rotatable bonds is 5. The van der Waals surface area contributed by atoms with Crippen LogP contribution in [0.4, 0.5) is 0 Å². The molecule has 0 saturated heterocycles. The van der Waals surface area contributed by atoms with Crippen molar-refractivity contribution in [2.75, 3.05) is 0 Å². The van der Waals surface area contributed by atoms with Gasteiger partial charge >= 0.3 is 0 Å². The second-order valence-corrected chi connectivity index (χ2v) is 14.7. The van der Waals surface area contributed by atoms with Crippen LogP contribution in [0.1, 0.15) is 43.4 Å². The molecule has 0 N–H and O–H groups in total. The van der Waals surface area contributed by atoms with Crippen molar-refractivity contribution < 1.29 is 0 Å². The Kier molecular flexibility index (Phi) is 7.28. The van der Waals surface area contributed by atoms with E-state index in [1.807, 2.05) is 78.9 Å². The predicted octanol–water partition coefficient (Wildman–Crippen LogP) is 10.0. The average Bonchev–Trinajstić information content (AvgIpc) is 3.68. The Labute approximate surface area is 313 Å². The molecule has 10 rings (SSSR count). The molecule has 0 fully saturated rings. The number of fused-ring (bicyclic) bond motifs is 6. The predicted molar refractivity (Wildman–Crippen MR) is 218 cm³/mol. The fourth-order valence-corrected chi connectivity index (χ4v) is 8.41. The Morgan fingerprint density at radius 2 is 1.19 bits per heavy atom. The molecule has 5 heteroatoms. The van der Waals surface area contributed by atoms with Gasteiger partial charge in [-0.3, -0.25) is 0 Å². The highest BCUT2D eigenvalue weighted by Gasteiger charge is 2.36. The average molecular weight is 694 g/mol. The van der Waals surface area contributed by atoms with Gasteiger partial charge in [-0.1, -0.05) is 123 Å². The van der Waals surface area contributed by atoms with E-state index in [0.717, 1.165) is 46.3 Å². The van der Waals surface area contributed by atoms with Gasteiger partial charge < -0.3 is 4.57 Å². The second-order valence-electron chi connectivity index (χ2n) is 14.7. The third-order valence-electron chi connectivity index (χ3n) is 11.1. The van der Waals surface area contributed by atoms with Crippen molar-refractivity contribution in [3.63, 3.8) is 0 Å². The molecule has 0 spiro atoms. The maximum Gasteiger partial charge on any atom is 0.164 e. The Hall–Kier alpha value is -6.90. The molecule has 0 bridgehead atoms. The molecular weight excluding hydrogens is 659 g/mol. The summed E-state index contributed by atoms with van der Waals surface area (Å²) in [7, 11) is 0. The van der Waals surface area contributed by atoms with Crippen LogP contribution in [-0.4, -0.2) is 19.5 Å². The van der Waals surface area contributed by atoms with Crippen molar-refractivity contribution in [3.05, 3.63) is 167 Å². The summed E-state index contributed by atoms with van der Waals surface area (Å²) >= 11 is 0. The Morgan fingerprint density at radius 1 is 0.556 bits per heavy atom. The summed E-state index contributed by atoms with van der Waals surface area (Å²) in [4.78, 5) is 15.2. The van der Waals surface area contributed by atoms with Crippen LogP contribution in [0, 0.1) is 11.3 Å². The lowest BCUT2D eigenvalue weighted by molar-refractivity contribution is 0.661. The van der Waals surface area contributed by atoms with E-state index >= 15 is 0 Å². The zero-order valence-electron chi connectivity index (χ0n) is 30.1. The lowest BCUT2D eigenvalue weighted by atomic mass is 9.82. The van der Waals surface area contributed by atoms with Crippen molar-refractivity contribution in [1.82, 2.24) is 19.5 Å². The fraction of sp³-hybridized carbons (Fsp3) is 0.102. The van der Waals surface area contributed by atoms with E-state index in [0.29, 0.717) is 23.0 Å². The molecule has 5 nitrogen and oxygen atoms in total. The second kappa shape index (κ2) is 12.4. The monoisotopic (exact) mass is 693 g/mol. The number of aromatic nitrogens is 4. The van der Waals surface area contributed by atoms with Crippen LogP contribution in [0.5, 0.6) is 0 Å². The molecule has 2 aliphatic rings. The Balaban J connectivity index is 1.27. The van der Waals surface area contributed by atoms with Gasteiger partial charge in [-0.2, -0.15) is 5.26 Å². The molecule has 8 aromatic rings. The summed E-state index contributed by atoms with van der Waals surface area (Å²) < 4.78 is 2.43. The quantitative estimate of drug-likeness (QED) is 0.180. The maximum atomic E-state index is 9.87. The first-order chi connectivity index (χ1) is 26.5. The van der Waals surface area contributed by atoms with Gasteiger partial charge in [0.1, 0.15) is 0 Å². The van der Waals surface area contributed by atoms with Gasteiger partial charge in [0.05, 0.1) is 17.1 Å². The highest BCUT2D eigenvalue weighted by molar-refractivity contribution is 5.94. The fourth-order valence-electron chi connectivity index (χ4n) is 8.41. The SMILES string of the molecule is CC1(C)c2ccccc2-c2cc3c4c(n(-c5cc(-c6cccc(C#N)c6)cc(-c6nc(-c7ccccc7)nc(-c7ccccc7)n6)c5)c3cc21)=CCCC=4. The molecule has 6 aromatic carbocycles. The van der Waals surface area contributed by atoms with Crippen molar-refractivity contribution in [2.24, 2.45) is 0 Å². The van der Waals surface area contributed by atoms with Crippen molar-refractivity contribution in [3.8, 4) is 68.2 Å². The van der Waals surface area contributed by atoms with E-state index in [4.69, 9.17) is 15.0 Å². The lowest BCUT2D eigenvalue weighted by Gasteiger charge is -2.21. The molecule has 0 saturated carbocycles. The summed E-state index contributed by atoms with van der Waals surface area (Å²) in [5.41, 5.74) is 12.6. The summed E-state index contributed by atoms with van der Waals surface area (Å²) in [6, 6.07) is 50.6. The van der Waals surface area contributed by atoms with E-state index in [1.165, 1.54) is 43.7 Å². The zero-order chi connectivity index (χ0) is 36.4. The van der Waals surface area contributed by atoms with E-state index in [2.05, 4.69) is 97.3 Å². The van der Waals surface area contributed by atoms with Crippen LogP contribution < -0.4 is 10.6 Å². The van der Waals surface area contributed by atoms with Crippen LogP contribution in [0.15, 0.2) is 140 Å². The topological polar surface area (TPSA) is 67.4 Å². The number of nitriles is 1. The summed E-state index contributed by atoms with van der Waals surface area (Å²) in [6.07, 6.45) is 6.76. The van der Waals surface area contributed by atoms with Gasteiger partial charge in [-0.25, -0.2) is 15.0 Å². The smallest absolute Gasteiger partial charge is 0.164 e. The molecule has 0 unspecified atom stereocenters. The lowest BCUT2D eigenvalue weighted by Crippen LogP contribution is -2.30. The van der Waals surface area contributed by atoms with Gasteiger partial charge in [0.25, 0.3) is 0 Å². The van der Waals surface area contributed by atoms with Crippen molar-refractivity contribution in [2.45, 2.75) is 32.1 Å². The number of hydrogen-bond donors (Lipinski definition) is 0. The largest absolute Gasteiger partial charge is 0.310 e. The van der Waals surface area contributed by atoms with Crippen LogP contribution in [0.25, 0.3) is 85.2 Å². The molecule has 2 heterocycles. The van der Waals surface area contributed by atoms with E-state index in [-0.39, 0.29) is 5.41 Å². The molecule has 2 aromatic heterocycles. The molecule has 0 radical (unpaired) electrons. The molecule has 54 heavy (non-hydrogen) atoms. The summed E-state index contributed by atoms with van der Waals surface area (Å²) in [5, 5.41) is 13.6. The van der Waals surface area contributed by atoms with E-state index in [9.17, 15) is 5.26 Å². The van der Waals surface area contributed by atoms with Gasteiger partial charge in [-0.15, -0.1) is 0 Å². The minimum Gasteiger partial charge on any atom is -0.310 e. The van der Waals surface area contributed by atoms with Crippen LogP contribution in [-0.2, 0) is 5.41 Å². The van der Waals surface area contributed by atoms with Crippen molar-refractivity contribution >= 4 is 23.1 Å². The molecule has 2 aliphatic carbocycles. The van der Waals surface area contributed by atoms with Crippen LogP contribution in [0.3, 0.4) is 0 Å². The van der Waals surface area contributed by atoms with E-state index < -0.39 is 0 Å². The molecule has 0 aliphatic heterocycles. The van der Waals surface area contributed by atoms with Gasteiger partial charge in [-0.05, 0) is 88.7 Å². The molecule has 0 atom stereocenters. The van der Waals surface area contributed by atoms with Gasteiger partial charge in [0.15, 0.2) is 17.5 Å². The number of benzene rings is 6. The third kappa shape index (κ3) is 5.10. The van der Waals surface area contributed by atoms with Crippen LogP contribution in [0.2, 0.25) is 0 Å². The molecule has 256 valence electrons. The Bertz CT molecular complexity index is 2910. The zero-order valence-corrected chi connectivity index (χ0v) is 30.1. The Morgan fingerprint density at radius 3 is 1.91 bits per heavy atom. The van der Waals surface area contributed by atoms with Gasteiger partial charge in [0.2, 0.25) is 0 Å². The summed E-state index contributed by atoms with van der Waals surface area (Å²) in [5.74, 6) is 1.81.